The number of esters is 2. The third-order valence-electron chi connectivity index (χ3n) is 7.31. The Morgan fingerprint density at radius 2 is 1.06 bits per heavy atom. The van der Waals surface area contributed by atoms with Crippen LogP contribution >= 0.6 is 7.82 Å². The highest BCUT2D eigenvalue weighted by atomic mass is 31.2. The van der Waals surface area contributed by atoms with E-state index in [0.29, 0.717) is 6.42 Å². The fourth-order valence-corrected chi connectivity index (χ4v) is 5.02. The van der Waals surface area contributed by atoms with Crippen LogP contribution in [0.2, 0.25) is 0 Å². The maximum atomic E-state index is 12.4. The van der Waals surface area contributed by atoms with Gasteiger partial charge in [-0.2, -0.15) is 0 Å². The molecule has 2 unspecified atom stereocenters. The maximum Gasteiger partial charge on any atom is 0.472 e. The second kappa shape index (κ2) is 33.6. The first-order valence-corrected chi connectivity index (χ1v) is 19.5. The van der Waals surface area contributed by atoms with Gasteiger partial charge in [0.25, 0.3) is 0 Å². The molecule has 0 amide bonds. The lowest BCUT2D eigenvalue weighted by molar-refractivity contribution is -0.160. The molecular formula is C38H65O8P. The van der Waals surface area contributed by atoms with Crippen LogP contribution in [-0.4, -0.2) is 43.3 Å². The van der Waals surface area contributed by atoms with E-state index in [9.17, 15) is 19.0 Å². The zero-order valence-electron chi connectivity index (χ0n) is 29.7. The molecule has 0 aromatic carbocycles. The molecule has 0 saturated carbocycles. The van der Waals surface area contributed by atoms with Gasteiger partial charge < -0.3 is 14.4 Å². The molecule has 0 bridgehead atoms. The number of rotatable bonds is 32. The van der Waals surface area contributed by atoms with Crippen molar-refractivity contribution < 1.29 is 37.6 Å². The third-order valence-corrected chi connectivity index (χ3v) is 8.25. The molecule has 0 aliphatic carbocycles. The second-order valence-electron chi connectivity index (χ2n) is 11.6. The number of ether oxygens (including phenoxy) is 2. The summed E-state index contributed by atoms with van der Waals surface area (Å²) in [4.78, 5) is 34.2. The molecule has 0 fully saturated rings. The van der Waals surface area contributed by atoms with E-state index in [1.807, 2.05) is 12.2 Å². The molecule has 1 N–H and O–H groups in total. The standard InChI is InChI=1S/C38H65O8P/c1-4-6-8-10-12-14-16-18-19-21-23-25-27-29-31-33-38(40)46-36(35-45-47(41,42)43-3)34-44-37(39)32-30-28-26-24-22-20-17-15-13-11-9-7-5-2/h6,8,12,14,18-19,23,25,29,31,36H,4-5,7,9-11,13,15-17,20-22,24,26-28,30,32-35H2,1-3H3,(H,41,42)/b8-6-,14-12-,19-18-,25-23-,31-29-. The van der Waals surface area contributed by atoms with Crippen LogP contribution in [0.3, 0.4) is 0 Å². The molecule has 8 nitrogen and oxygen atoms in total. The van der Waals surface area contributed by atoms with Gasteiger partial charge in [0, 0.05) is 13.5 Å². The highest BCUT2D eigenvalue weighted by Crippen LogP contribution is 2.42. The van der Waals surface area contributed by atoms with E-state index in [4.69, 9.17) is 14.0 Å². The van der Waals surface area contributed by atoms with Crippen LogP contribution in [-0.2, 0) is 32.7 Å². The number of carbonyl (C=O) groups is 2. The van der Waals surface area contributed by atoms with Gasteiger partial charge in [-0.05, 0) is 38.5 Å². The average molecular weight is 681 g/mol. The van der Waals surface area contributed by atoms with Crippen LogP contribution in [0.15, 0.2) is 60.8 Å². The highest BCUT2D eigenvalue weighted by molar-refractivity contribution is 7.47. The number of hydrogen-bond acceptors (Lipinski definition) is 7. The third kappa shape index (κ3) is 33.4. The van der Waals surface area contributed by atoms with Gasteiger partial charge in [0.1, 0.15) is 6.61 Å². The molecule has 0 spiro atoms. The van der Waals surface area contributed by atoms with E-state index in [2.05, 4.69) is 60.9 Å². The minimum Gasteiger partial charge on any atom is -0.462 e. The molecule has 0 rings (SSSR count). The van der Waals surface area contributed by atoms with Gasteiger partial charge in [-0.15, -0.1) is 0 Å². The molecule has 47 heavy (non-hydrogen) atoms. The molecule has 2 atom stereocenters. The Hall–Kier alpha value is -2.25. The van der Waals surface area contributed by atoms with Crippen LogP contribution in [0.5, 0.6) is 0 Å². The number of hydrogen-bond donors (Lipinski definition) is 1. The zero-order valence-corrected chi connectivity index (χ0v) is 30.6. The van der Waals surface area contributed by atoms with Crippen molar-refractivity contribution in [1.29, 1.82) is 0 Å². The van der Waals surface area contributed by atoms with Gasteiger partial charge in [0.15, 0.2) is 6.10 Å². The van der Waals surface area contributed by atoms with Gasteiger partial charge in [-0.1, -0.05) is 152 Å². The summed E-state index contributed by atoms with van der Waals surface area (Å²) in [7, 11) is -3.24. The Balaban J connectivity index is 4.24. The monoisotopic (exact) mass is 680 g/mol. The Bertz CT molecular complexity index is 953. The largest absolute Gasteiger partial charge is 0.472 e. The number of phosphoric ester groups is 1. The van der Waals surface area contributed by atoms with E-state index < -0.39 is 32.5 Å². The lowest BCUT2D eigenvalue weighted by Gasteiger charge is -2.19. The van der Waals surface area contributed by atoms with E-state index in [-0.39, 0.29) is 19.4 Å². The van der Waals surface area contributed by atoms with Crippen molar-refractivity contribution in [2.45, 2.75) is 148 Å². The van der Waals surface area contributed by atoms with E-state index >= 15 is 0 Å². The van der Waals surface area contributed by atoms with Gasteiger partial charge >= 0.3 is 19.8 Å². The van der Waals surface area contributed by atoms with Crippen LogP contribution in [0.1, 0.15) is 142 Å². The molecule has 0 aromatic heterocycles. The van der Waals surface area contributed by atoms with Crippen molar-refractivity contribution in [3.8, 4) is 0 Å². The molecule has 0 aromatic rings. The van der Waals surface area contributed by atoms with Crippen molar-refractivity contribution in [3.63, 3.8) is 0 Å². The minimum atomic E-state index is -4.28. The zero-order chi connectivity index (χ0) is 34.7. The van der Waals surface area contributed by atoms with E-state index in [1.165, 1.54) is 64.2 Å². The summed E-state index contributed by atoms with van der Waals surface area (Å²) < 4.78 is 31.7. The highest BCUT2D eigenvalue weighted by Gasteiger charge is 2.24. The molecular weight excluding hydrogens is 615 g/mol. The van der Waals surface area contributed by atoms with Crippen LogP contribution in [0, 0.1) is 0 Å². The van der Waals surface area contributed by atoms with E-state index in [0.717, 1.165) is 52.1 Å². The van der Waals surface area contributed by atoms with Crippen molar-refractivity contribution in [3.05, 3.63) is 60.8 Å². The quantitative estimate of drug-likeness (QED) is 0.0324. The first kappa shape index (κ1) is 44.8. The SMILES string of the molecule is CC/C=C\C/C=C\C/C=C\C/C=C\C/C=C\CC(=O)OC(COC(=O)CCCCCCCCCCCCCCC)COP(=O)(O)OC. The molecule has 0 radical (unpaired) electrons. The summed E-state index contributed by atoms with van der Waals surface area (Å²) in [6.45, 7) is 3.66. The molecule has 9 heteroatoms. The number of carbonyl (C=O) groups excluding carboxylic acids is 2. The number of unbranched alkanes of at least 4 members (excludes halogenated alkanes) is 12. The summed E-state index contributed by atoms with van der Waals surface area (Å²) in [6, 6.07) is 0. The predicted octanol–water partition coefficient (Wildman–Crippen LogP) is 10.8. The summed E-state index contributed by atoms with van der Waals surface area (Å²) in [5.74, 6) is -0.955. The Morgan fingerprint density at radius 1 is 0.617 bits per heavy atom. The normalized spacial score (nSPS) is 14.2. The number of allylic oxidation sites excluding steroid dienone is 9. The van der Waals surface area contributed by atoms with Crippen LogP contribution in [0.4, 0.5) is 0 Å². The van der Waals surface area contributed by atoms with Crippen LogP contribution in [0.25, 0.3) is 0 Å². The van der Waals surface area contributed by atoms with Crippen LogP contribution < -0.4 is 0 Å². The van der Waals surface area contributed by atoms with Gasteiger partial charge in [-0.25, -0.2) is 4.57 Å². The fourth-order valence-electron chi connectivity index (χ4n) is 4.56. The average Bonchev–Trinajstić information content (AvgIpc) is 3.06. The lowest BCUT2D eigenvalue weighted by atomic mass is 10.0. The van der Waals surface area contributed by atoms with Crippen molar-refractivity contribution in [1.82, 2.24) is 0 Å². The Labute approximate surface area is 286 Å². The smallest absolute Gasteiger partial charge is 0.462 e. The predicted molar refractivity (Wildman–Crippen MR) is 193 cm³/mol. The summed E-state index contributed by atoms with van der Waals surface area (Å²) in [5.41, 5.74) is 0. The van der Waals surface area contributed by atoms with Crippen molar-refractivity contribution in [2.75, 3.05) is 20.3 Å². The molecule has 270 valence electrons. The molecule has 0 heterocycles. The maximum absolute atomic E-state index is 12.4. The van der Waals surface area contributed by atoms with E-state index in [1.54, 1.807) is 6.08 Å². The molecule has 0 saturated heterocycles. The summed E-state index contributed by atoms with van der Waals surface area (Å²) in [5, 5.41) is 0. The van der Waals surface area contributed by atoms with Gasteiger partial charge in [-0.3, -0.25) is 18.6 Å². The summed E-state index contributed by atoms with van der Waals surface area (Å²) >= 11 is 0. The fraction of sp³-hybridized carbons (Fsp3) is 0.684. The van der Waals surface area contributed by atoms with Crippen molar-refractivity contribution >= 4 is 19.8 Å². The van der Waals surface area contributed by atoms with Gasteiger partial charge in [0.2, 0.25) is 0 Å². The topological polar surface area (TPSA) is 108 Å². The lowest BCUT2D eigenvalue weighted by Crippen LogP contribution is -2.29. The minimum absolute atomic E-state index is 0.0119. The number of phosphoric acid groups is 1. The molecule has 0 aliphatic heterocycles. The summed E-state index contributed by atoms with van der Waals surface area (Å²) in [6.07, 6.45) is 40.1. The Morgan fingerprint density at radius 3 is 1.53 bits per heavy atom. The molecule has 0 aliphatic rings. The second-order valence-corrected chi connectivity index (χ2v) is 13.2. The first-order chi connectivity index (χ1) is 22.8. The Kier molecular flexibility index (Phi) is 32.0. The van der Waals surface area contributed by atoms with Gasteiger partial charge in [0.05, 0.1) is 13.0 Å². The van der Waals surface area contributed by atoms with Crippen molar-refractivity contribution in [2.24, 2.45) is 0 Å². The first-order valence-electron chi connectivity index (χ1n) is 18.0.